The zero-order valence-electron chi connectivity index (χ0n) is 14.4. The van der Waals surface area contributed by atoms with Gasteiger partial charge in [0.2, 0.25) is 0 Å². The maximum Gasteiger partial charge on any atom is 0.319 e. The molecular weight excluding hydrogens is 308 g/mol. The fourth-order valence-electron chi connectivity index (χ4n) is 2.39. The van der Waals surface area contributed by atoms with Crippen LogP contribution in [0.3, 0.4) is 0 Å². The van der Waals surface area contributed by atoms with Gasteiger partial charge in [-0.3, -0.25) is 0 Å². The van der Waals surface area contributed by atoms with Gasteiger partial charge in [-0.05, 0) is 34.4 Å². The van der Waals surface area contributed by atoms with Crippen molar-refractivity contribution in [2.45, 2.75) is 33.2 Å². The number of aryl methyl sites for hydroxylation is 1. The largest absolute Gasteiger partial charge is 0.396 e. The third-order valence-electron chi connectivity index (χ3n) is 3.77. The Balaban J connectivity index is 2.08. The van der Waals surface area contributed by atoms with Crippen molar-refractivity contribution in [2.24, 2.45) is 12.5 Å². The van der Waals surface area contributed by atoms with E-state index in [2.05, 4.69) is 26.2 Å². The molecule has 0 aliphatic heterocycles. The third kappa shape index (κ3) is 4.51. The molecule has 2 rings (SSSR count). The van der Waals surface area contributed by atoms with Crippen molar-refractivity contribution in [3.63, 3.8) is 0 Å². The van der Waals surface area contributed by atoms with Crippen molar-refractivity contribution in [3.8, 4) is 11.4 Å². The normalized spacial score (nSPS) is 12.7. The molecule has 1 aromatic carbocycles. The fourth-order valence-corrected chi connectivity index (χ4v) is 2.39. The number of hydrogen-bond acceptors (Lipinski definition) is 5. The summed E-state index contributed by atoms with van der Waals surface area (Å²) in [5.41, 5.74) is 1.30. The molecule has 2 amide bonds. The van der Waals surface area contributed by atoms with E-state index in [9.17, 15) is 9.90 Å². The van der Waals surface area contributed by atoms with Crippen molar-refractivity contribution in [2.75, 3.05) is 11.9 Å². The first-order chi connectivity index (χ1) is 11.3. The third-order valence-corrected chi connectivity index (χ3v) is 3.77. The molecule has 0 radical (unpaired) electrons. The van der Waals surface area contributed by atoms with Crippen molar-refractivity contribution in [1.29, 1.82) is 0 Å². The molecule has 1 atom stereocenters. The number of carbonyl (C=O) groups is 1. The summed E-state index contributed by atoms with van der Waals surface area (Å²) in [6.07, 6.45) is 0.502. The van der Waals surface area contributed by atoms with Crippen LogP contribution in [-0.4, -0.2) is 44.0 Å². The number of nitrogens with zero attached hydrogens (tertiary/aromatic N) is 4. The van der Waals surface area contributed by atoms with Gasteiger partial charge in [-0.1, -0.05) is 32.9 Å². The molecule has 130 valence electrons. The molecule has 2 aromatic rings. The van der Waals surface area contributed by atoms with Crippen LogP contribution in [0.25, 0.3) is 11.4 Å². The number of aliphatic hydroxyl groups is 1. The highest BCUT2D eigenvalue weighted by atomic mass is 16.3. The van der Waals surface area contributed by atoms with Gasteiger partial charge in [-0.15, -0.1) is 5.10 Å². The average molecular weight is 332 g/mol. The Hall–Kier alpha value is -2.48. The number of amides is 2. The molecule has 0 spiro atoms. The van der Waals surface area contributed by atoms with Crippen LogP contribution in [0, 0.1) is 5.41 Å². The van der Waals surface area contributed by atoms with Crippen LogP contribution >= 0.6 is 0 Å². The minimum Gasteiger partial charge on any atom is -0.396 e. The SMILES string of the molecule is Cn1nnnc1-c1cccc(NC(=O)NC(CCO)C(C)(C)C)c1. The number of aromatic nitrogens is 4. The number of nitrogens with one attached hydrogen (secondary N) is 2. The molecule has 8 nitrogen and oxygen atoms in total. The van der Waals surface area contributed by atoms with Crippen LogP contribution in [0.5, 0.6) is 0 Å². The van der Waals surface area contributed by atoms with E-state index in [1.165, 1.54) is 0 Å². The minimum atomic E-state index is -0.309. The van der Waals surface area contributed by atoms with Crippen molar-refractivity contribution < 1.29 is 9.90 Å². The number of tetrazole rings is 1. The van der Waals surface area contributed by atoms with Crippen molar-refractivity contribution in [3.05, 3.63) is 24.3 Å². The number of hydrogen-bond donors (Lipinski definition) is 3. The van der Waals surface area contributed by atoms with E-state index in [1.807, 2.05) is 39.0 Å². The van der Waals surface area contributed by atoms with Gasteiger partial charge in [0.25, 0.3) is 0 Å². The molecule has 0 saturated heterocycles. The summed E-state index contributed by atoms with van der Waals surface area (Å²) in [5, 5.41) is 26.3. The molecule has 1 heterocycles. The Kier molecular flexibility index (Phi) is 5.50. The Bertz CT molecular complexity index is 692. The second-order valence-corrected chi connectivity index (χ2v) is 6.74. The summed E-state index contributed by atoms with van der Waals surface area (Å²) < 4.78 is 1.57. The van der Waals surface area contributed by atoms with Gasteiger partial charge < -0.3 is 15.7 Å². The van der Waals surface area contributed by atoms with E-state index < -0.39 is 0 Å². The van der Waals surface area contributed by atoms with Crippen LogP contribution in [0.4, 0.5) is 10.5 Å². The van der Waals surface area contributed by atoms with Crippen LogP contribution in [0.1, 0.15) is 27.2 Å². The first-order valence-corrected chi connectivity index (χ1v) is 7.82. The predicted octanol–water partition coefficient (Wildman–Crippen LogP) is 1.80. The maximum atomic E-state index is 12.3. The molecule has 0 saturated carbocycles. The van der Waals surface area contributed by atoms with Gasteiger partial charge in [0.1, 0.15) is 0 Å². The zero-order valence-corrected chi connectivity index (χ0v) is 14.4. The molecule has 0 aliphatic rings. The first kappa shape index (κ1) is 17.9. The van der Waals surface area contributed by atoms with Gasteiger partial charge in [0.15, 0.2) is 5.82 Å². The molecule has 1 unspecified atom stereocenters. The summed E-state index contributed by atoms with van der Waals surface area (Å²) in [4.78, 5) is 12.3. The van der Waals surface area contributed by atoms with E-state index in [0.717, 1.165) is 5.56 Å². The van der Waals surface area contributed by atoms with Gasteiger partial charge in [0, 0.05) is 30.9 Å². The Morgan fingerprint density at radius 2 is 2.12 bits per heavy atom. The van der Waals surface area contributed by atoms with Crippen molar-refractivity contribution in [1.82, 2.24) is 25.5 Å². The molecule has 3 N–H and O–H groups in total. The van der Waals surface area contributed by atoms with E-state index in [1.54, 1.807) is 17.8 Å². The second-order valence-electron chi connectivity index (χ2n) is 6.74. The molecule has 8 heteroatoms. The first-order valence-electron chi connectivity index (χ1n) is 7.82. The second kappa shape index (κ2) is 7.39. The van der Waals surface area contributed by atoms with Crippen LogP contribution in [0.2, 0.25) is 0 Å². The van der Waals surface area contributed by atoms with Crippen LogP contribution in [0.15, 0.2) is 24.3 Å². The summed E-state index contributed by atoms with van der Waals surface area (Å²) in [6.45, 7) is 6.09. The molecular formula is C16H24N6O2. The van der Waals surface area contributed by atoms with E-state index in [-0.39, 0.29) is 24.1 Å². The van der Waals surface area contributed by atoms with Crippen molar-refractivity contribution >= 4 is 11.7 Å². The summed E-state index contributed by atoms with van der Waals surface area (Å²) in [6, 6.07) is 6.87. The number of urea groups is 1. The summed E-state index contributed by atoms with van der Waals surface area (Å²) in [7, 11) is 1.75. The Morgan fingerprint density at radius 3 is 2.71 bits per heavy atom. The topological polar surface area (TPSA) is 105 Å². The highest BCUT2D eigenvalue weighted by Gasteiger charge is 2.25. The zero-order chi connectivity index (χ0) is 17.7. The molecule has 0 bridgehead atoms. The number of aliphatic hydroxyl groups excluding tert-OH is 1. The summed E-state index contributed by atoms with van der Waals surface area (Å²) in [5.74, 6) is 0.618. The monoisotopic (exact) mass is 332 g/mol. The number of carbonyl (C=O) groups excluding carboxylic acids is 1. The van der Waals surface area contributed by atoms with Gasteiger partial charge in [-0.2, -0.15) is 0 Å². The Labute approximate surface area is 141 Å². The standard InChI is InChI=1S/C16H24N6O2/c1-16(2,3)13(8-9-23)18-15(24)17-12-7-5-6-11(10-12)14-19-20-21-22(14)4/h5-7,10,13,23H,8-9H2,1-4H3,(H2,17,18,24). The van der Waals surface area contributed by atoms with Crippen LogP contribution in [-0.2, 0) is 7.05 Å². The lowest BCUT2D eigenvalue weighted by Crippen LogP contribution is -2.46. The molecule has 1 aromatic heterocycles. The van der Waals surface area contributed by atoms with E-state index in [0.29, 0.717) is 17.9 Å². The predicted molar refractivity (Wildman–Crippen MR) is 91.3 cm³/mol. The van der Waals surface area contributed by atoms with Crippen LogP contribution < -0.4 is 10.6 Å². The number of rotatable bonds is 5. The highest BCUT2D eigenvalue weighted by molar-refractivity contribution is 5.90. The van der Waals surface area contributed by atoms with Gasteiger partial charge >= 0.3 is 6.03 Å². The number of benzene rings is 1. The average Bonchev–Trinajstić information content (AvgIpc) is 2.92. The lowest BCUT2D eigenvalue weighted by atomic mass is 9.85. The Morgan fingerprint density at radius 1 is 1.38 bits per heavy atom. The fraction of sp³-hybridized carbons (Fsp3) is 0.500. The smallest absolute Gasteiger partial charge is 0.319 e. The summed E-state index contributed by atoms with van der Waals surface area (Å²) >= 11 is 0. The lowest BCUT2D eigenvalue weighted by molar-refractivity contribution is 0.194. The molecule has 0 aliphatic carbocycles. The number of anilines is 1. The quantitative estimate of drug-likeness (QED) is 0.774. The maximum absolute atomic E-state index is 12.3. The lowest BCUT2D eigenvalue weighted by Gasteiger charge is -2.31. The minimum absolute atomic E-state index is 0.0247. The van der Waals surface area contributed by atoms with E-state index >= 15 is 0 Å². The van der Waals surface area contributed by atoms with Gasteiger partial charge in [-0.25, -0.2) is 9.48 Å². The molecule has 0 fully saturated rings. The highest BCUT2D eigenvalue weighted by Crippen LogP contribution is 2.22. The van der Waals surface area contributed by atoms with Gasteiger partial charge in [0.05, 0.1) is 0 Å². The van der Waals surface area contributed by atoms with E-state index in [4.69, 9.17) is 0 Å². The molecule has 24 heavy (non-hydrogen) atoms.